The molecule has 0 fully saturated rings. The zero-order valence-electron chi connectivity index (χ0n) is 18.4. The lowest BCUT2D eigenvalue weighted by atomic mass is 10.0. The molecule has 4 aromatic rings. The highest BCUT2D eigenvalue weighted by Crippen LogP contribution is 2.35. The fraction of sp³-hybridized carbons (Fsp3) is 0. The van der Waals surface area contributed by atoms with Crippen molar-refractivity contribution in [2.45, 2.75) is 0 Å². The topological polar surface area (TPSA) is 74.8 Å². The molecule has 6 nitrogen and oxygen atoms in total. The summed E-state index contributed by atoms with van der Waals surface area (Å²) in [4.78, 5) is 53.6. The number of hydrogen-bond donors (Lipinski definition) is 0. The monoisotopic (exact) mass is 512 g/mol. The molecule has 0 N–H and O–H groups in total. The van der Waals surface area contributed by atoms with Crippen LogP contribution < -0.4 is 9.80 Å². The number of carbonyl (C=O) groups is 4. The number of anilines is 2. The summed E-state index contributed by atoms with van der Waals surface area (Å²) in [5.41, 5.74) is 3.48. The Morgan fingerprint density at radius 1 is 0.444 bits per heavy atom. The van der Waals surface area contributed by atoms with E-state index in [-0.39, 0.29) is 32.3 Å². The molecule has 2 heterocycles. The highest BCUT2D eigenvalue weighted by molar-refractivity contribution is 6.43. The normalized spacial score (nSPS) is 14.5. The standard InChI is InChI=1S/C28H14Cl2N2O4/c29-21-5-1-3-19-23(21)27(35)31(25(19)33)17-11-7-15(8-12-17)16-9-13-18(14-10-16)32-26(34)20-4-2-6-22(30)24(20)28(32)36/h1-14H. The van der Waals surface area contributed by atoms with Gasteiger partial charge in [0.1, 0.15) is 0 Å². The summed E-state index contributed by atoms with van der Waals surface area (Å²) in [6.07, 6.45) is 0. The summed E-state index contributed by atoms with van der Waals surface area (Å²) in [6.45, 7) is 0. The van der Waals surface area contributed by atoms with E-state index < -0.39 is 23.6 Å². The minimum atomic E-state index is -0.459. The zero-order valence-corrected chi connectivity index (χ0v) is 19.9. The second-order valence-corrected chi connectivity index (χ2v) is 9.12. The van der Waals surface area contributed by atoms with Crippen LogP contribution in [-0.2, 0) is 0 Å². The number of carbonyl (C=O) groups excluding carboxylic acids is 4. The maximum absolute atomic E-state index is 12.9. The lowest BCUT2D eigenvalue weighted by Crippen LogP contribution is -2.29. The first-order valence-electron chi connectivity index (χ1n) is 10.9. The van der Waals surface area contributed by atoms with Gasteiger partial charge in [0.15, 0.2) is 0 Å². The molecule has 4 amide bonds. The van der Waals surface area contributed by atoms with Gasteiger partial charge in [-0.05, 0) is 59.7 Å². The van der Waals surface area contributed by atoms with Crippen LogP contribution in [0.4, 0.5) is 11.4 Å². The third kappa shape index (κ3) is 3.19. The molecule has 0 aromatic heterocycles. The van der Waals surface area contributed by atoms with E-state index in [2.05, 4.69) is 0 Å². The van der Waals surface area contributed by atoms with E-state index in [1.807, 2.05) is 0 Å². The second-order valence-electron chi connectivity index (χ2n) is 8.31. The van der Waals surface area contributed by atoms with Crippen LogP contribution in [-0.4, -0.2) is 23.6 Å². The summed E-state index contributed by atoms with van der Waals surface area (Å²) in [6, 6.07) is 23.5. The summed E-state index contributed by atoms with van der Waals surface area (Å²) in [5.74, 6) is -1.76. The van der Waals surface area contributed by atoms with E-state index in [1.54, 1.807) is 84.9 Å². The van der Waals surface area contributed by atoms with E-state index in [0.717, 1.165) is 20.9 Å². The number of rotatable bonds is 3. The van der Waals surface area contributed by atoms with E-state index in [0.29, 0.717) is 11.4 Å². The van der Waals surface area contributed by atoms with Crippen LogP contribution in [0.15, 0.2) is 84.9 Å². The minimum absolute atomic E-state index is 0.207. The Hall–Kier alpha value is -4.26. The number of imide groups is 2. The highest BCUT2D eigenvalue weighted by Gasteiger charge is 2.39. The molecule has 0 unspecified atom stereocenters. The Morgan fingerprint density at radius 2 is 0.806 bits per heavy atom. The SMILES string of the molecule is O=C1c2cccc(Cl)c2C(=O)N1c1ccc(-c2ccc(N3C(=O)c4cccc(Cl)c4C3=O)cc2)cc1. The van der Waals surface area contributed by atoms with Crippen molar-refractivity contribution >= 4 is 58.2 Å². The van der Waals surface area contributed by atoms with Crippen LogP contribution in [0.5, 0.6) is 0 Å². The van der Waals surface area contributed by atoms with Gasteiger partial charge in [-0.3, -0.25) is 19.2 Å². The van der Waals surface area contributed by atoms with Gasteiger partial charge in [0.2, 0.25) is 0 Å². The van der Waals surface area contributed by atoms with Gasteiger partial charge in [-0.15, -0.1) is 0 Å². The lowest BCUT2D eigenvalue weighted by molar-refractivity contribution is 0.0910. The quantitative estimate of drug-likeness (QED) is 0.303. The van der Waals surface area contributed by atoms with Crippen molar-refractivity contribution < 1.29 is 19.2 Å². The fourth-order valence-electron chi connectivity index (χ4n) is 4.56. The molecule has 174 valence electrons. The van der Waals surface area contributed by atoms with Gasteiger partial charge in [0.05, 0.1) is 43.7 Å². The molecule has 36 heavy (non-hydrogen) atoms. The predicted molar refractivity (Wildman–Crippen MR) is 137 cm³/mol. The van der Waals surface area contributed by atoms with Gasteiger partial charge >= 0.3 is 0 Å². The molecule has 0 spiro atoms. The van der Waals surface area contributed by atoms with Crippen LogP contribution in [0.1, 0.15) is 41.4 Å². The number of halogens is 2. The van der Waals surface area contributed by atoms with E-state index in [4.69, 9.17) is 23.2 Å². The number of amides is 4. The van der Waals surface area contributed by atoms with Crippen molar-refractivity contribution in [3.05, 3.63) is 117 Å². The molecule has 0 aliphatic carbocycles. The van der Waals surface area contributed by atoms with Crippen LogP contribution in [0.25, 0.3) is 11.1 Å². The largest absolute Gasteiger partial charge is 0.268 e. The Bertz CT molecular complexity index is 1510. The molecular formula is C28H14Cl2N2O4. The summed E-state index contributed by atoms with van der Waals surface area (Å²) in [5, 5.41) is 0.482. The highest BCUT2D eigenvalue weighted by atomic mass is 35.5. The first-order chi connectivity index (χ1) is 17.4. The smallest absolute Gasteiger partial charge is 0.267 e. The molecule has 0 radical (unpaired) electrons. The van der Waals surface area contributed by atoms with Crippen molar-refractivity contribution in [3.63, 3.8) is 0 Å². The summed E-state index contributed by atoms with van der Waals surface area (Å²) < 4.78 is 0. The molecule has 0 saturated heterocycles. The maximum Gasteiger partial charge on any atom is 0.267 e. The second kappa shape index (κ2) is 8.16. The minimum Gasteiger partial charge on any atom is -0.268 e. The van der Waals surface area contributed by atoms with Crippen LogP contribution in [0.3, 0.4) is 0 Å². The average Bonchev–Trinajstić information content (AvgIpc) is 3.30. The van der Waals surface area contributed by atoms with Gasteiger partial charge in [-0.25, -0.2) is 9.80 Å². The Kier molecular flexibility index (Phi) is 5.03. The Balaban J connectivity index is 1.26. The zero-order chi connectivity index (χ0) is 25.1. The number of fused-ring (bicyclic) bond motifs is 2. The van der Waals surface area contributed by atoms with Gasteiger partial charge in [-0.1, -0.05) is 59.6 Å². The van der Waals surface area contributed by atoms with Crippen LogP contribution in [0, 0.1) is 0 Å². The first-order valence-corrected chi connectivity index (χ1v) is 11.7. The van der Waals surface area contributed by atoms with Crippen molar-refractivity contribution in [1.29, 1.82) is 0 Å². The molecule has 2 aliphatic heterocycles. The van der Waals surface area contributed by atoms with E-state index in [9.17, 15) is 19.2 Å². The third-order valence-electron chi connectivity index (χ3n) is 6.31. The van der Waals surface area contributed by atoms with Gasteiger partial charge < -0.3 is 0 Å². The molecule has 0 bridgehead atoms. The molecule has 0 atom stereocenters. The lowest BCUT2D eigenvalue weighted by Gasteiger charge is -2.16. The average molecular weight is 513 g/mol. The molecule has 0 saturated carbocycles. The molecule has 6 rings (SSSR count). The molecular weight excluding hydrogens is 499 g/mol. The Morgan fingerprint density at radius 3 is 1.14 bits per heavy atom. The number of hydrogen-bond acceptors (Lipinski definition) is 4. The molecule has 4 aromatic carbocycles. The van der Waals surface area contributed by atoms with Crippen LogP contribution in [0.2, 0.25) is 10.0 Å². The number of nitrogens with zero attached hydrogens (tertiary/aromatic N) is 2. The Labute approximate surface area is 215 Å². The first kappa shape index (κ1) is 22.2. The predicted octanol–water partition coefficient (Wildman–Crippen LogP) is 6.26. The van der Waals surface area contributed by atoms with Crippen molar-refractivity contribution in [2.24, 2.45) is 0 Å². The van der Waals surface area contributed by atoms with Crippen molar-refractivity contribution in [2.75, 3.05) is 9.80 Å². The third-order valence-corrected chi connectivity index (χ3v) is 6.94. The van der Waals surface area contributed by atoms with E-state index in [1.165, 1.54) is 0 Å². The fourth-order valence-corrected chi connectivity index (χ4v) is 5.07. The van der Waals surface area contributed by atoms with Gasteiger partial charge in [-0.2, -0.15) is 0 Å². The van der Waals surface area contributed by atoms with Crippen molar-refractivity contribution in [1.82, 2.24) is 0 Å². The van der Waals surface area contributed by atoms with Gasteiger partial charge in [0, 0.05) is 0 Å². The molecule has 2 aliphatic rings. The van der Waals surface area contributed by atoms with Gasteiger partial charge in [0.25, 0.3) is 23.6 Å². The summed E-state index contributed by atoms with van der Waals surface area (Å²) in [7, 11) is 0. The summed E-state index contributed by atoms with van der Waals surface area (Å²) >= 11 is 12.3. The van der Waals surface area contributed by atoms with E-state index >= 15 is 0 Å². The molecule has 8 heteroatoms. The maximum atomic E-state index is 12.9. The number of benzene rings is 4. The van der Waals surface area contributed by atoms with Crippen molar-refractivity contribution in [3.8, 4) is 11.1 Å². The van der Waals surface area contributed by atoms with Crippen LogP contribution >= 0.6 is 23.2 Å².